The zero-order valence-electron chi connectivity index (χ0n) is 9.35. The van der Waals surface area contributed by atoms with E-state index in [4.69, 9.17) is 0 Å². The Bertz CT molecular complexity index is 733. The molecule has 0 unspecified atom stereocenters. The van der Waals surface area contributed by atoms with Gasteiger partial charge in [0, 0.05) is 28.9 Å². The molecule has 3 rings (SSSR count). The summed E-state index contributed by atoms with van der Waals surface area (Å²) < 4.78 is 13.5. The third-order valence-electron chi connectivity index (χ3n) is 2.84. The van der Waals surface area contributed by atoms with Crippen LogP contribution in [0.15, 0.2) is 48.8 Å². The maximum absolute atomic E-state index is 13.5. The van der Waals surface area contributed by atoms with Crippen molar-refractivity contribution in [3.05, 3.63) is 65.9 Å². The number of rotatable bonds is 2. The zero-order chi connectivity index (χ0) is 12.5. The summed E-state index contributed by atoms with van der Waals surface area (Å²) in [5.41, 5.74) is 1.30. The average molecular weight is 240 g/mol. The van der Waals surface area contributed by atoms with E-state index in [1.165, 1.54) is 12.3 Å². The van der Waals surface area contributed by atoms with Crippen molar-refractivity contribution in [3.63, 3.8) is 0 Å². The first-order valence-corrected chi connectivity index (χ1v) is 5.48. The van der Waals surface area contributed by atoms with E-state index in [-0.39, 0.29) is 11.3 Å². The highest BCUT2D eigenvalue weighted by molar-refractivity contribution is 6.16. The van der Waals surface area contributed by atoms with Gasteiger partial charge in [-0.25, -0.2) is 4.98 Å². The first-order chi connectivity index (χ1) is 8.77. The molecule has 0 radical (unpaired) electrons. The van der Waals surface area contributed by atoms with Crippen molar-refractivity contribution in [3.8, 4) is 0 Å². The largest absolute Gasteiger partial charge is 0.360 e. The molecule has 0 aliphatic heterocycles. The number of halogens is 1. The van der Waals surface area contributed by atoms with Gasteiger partial charge >= 0.3 is 0 Å². The Balaban J connectivity index is 2.16. The number of nitrogens with zero attached hydrogens (tertiary/aromatic N) is 1. The van der Waals surface area contributed by atoms with Gasteiger partial charge in [-0.1, -0.05) is 18.2 Å². The Morgan fingerprint density at radius 2 is 1.94 bits per heavy atom. The van der Waals surface area contributed by atoms with Crippen molar-refractivity contribution < 1.29 is 9.18 Å². The highest BCUT2D eigenvalue weighted by atomic mass is 19.1. The van der Waals surface area contributed by atoms with E-state index in [1.54, 1.807) is 12.3 Å². The van der Waals surface area contributed by atoms with Gasteiger partial charge in [-0.05, 0) is 18.2 Å². The van der Waals surface area contributed by atoms with Crippen LogP contribution in [0.25, 0.3) is 10.9 Å². The normalized spacial score (nSPS) is 10.7. The van der Waals surface area contributed by atoms with Gasteiger partial charge in [0.2, 0.25) is 5.95 Å². The fourth-order valence-corrected chi connectivity index (χ4v) is 1.96. The number of carbonyl (C=O) groups is 1. The van der Waals surface area contributed by atoms with Gasteiger partial charge < -0.3 is 4.98 Å². The minimum Gasteiger partial charge on any atom is -0.360 e. The van der Waals surface area contributed by atoms with E-state index < -0.39 is 5.95 Å². The number of hydrogen-bond acceptors (Lipinski definition) is 2. The second-order valence-corrected chi connectivity index (χ2v) is 3.92. The monoisotopic (exact) mass is 240 g/mol. The fraction of sp³-hybridized carbons (Fsp3) is 0. The summed E-state index contributed by atoms with van der Waals surface area (Å²) in [6, 6.07) is 10.4. The molecule has 3 aromatic rings. The summed E-state index contributed by atoms with van der Waals surface area (Å²) in [5.74, 6) is -1.11. The van der Waals surface area contributed by atoms with Crippen LogP contribution in [-0.4, -0.2) is 15.8 Å². The number of aromatic amines is 1. The van der Waals surface area contributed by atoms with Gasteiger partial charge in [-0.15, -0.1) is 0 Å². The van der Waals surface area contributed by atoms with Crippen LogP contribution in [0.2, 0.25) is 0 Å². The molecule has 2 heterocycles. The second kappa shape index (κ2) is 4.07. The van der Waals surface area contributed by atoms with Gasteiger partial charge in [0.1, 0.15) is 0 Å². The number of para-hydroxylation sites is 1. The summed E-state index contributed by atoms with van der Waals surface area (Å²) in [5, 5.41) is 0.783. The van der Waals surface area contributed by atoms with E-state index in [1.807, 2.05) is 24.3 Å². The highest BCUT2D eigenvalue weighted by Crippen LogP contribution is 2.21. The SMILES string of the molecule is O=C(c1cccnc1F)c1c[nH]c2ccccc12. The van der Waals surface area contributed by atoms with Crippen molar-refractivity contribution in [2.24, 2.45) is 0 Å². The Kier molecular flexibility index (Phi) is 2.41. The number of H-pyrrole nitrogens is 1. The minimum atomic E-state index is -0.743. The third-order valence-corrected chi connectivity index (χ3v) is 2.84. The van der Waals surface area contributed by atoms with E-state index in [9.17, 15) is 9.18 Å². The summed E-state index contributed by atoms with van der Waals surface area (Å²) in [6.45, 7) is 0. The molecule has 0 bridgehead atoms. The second-order valence-electron chi connectivity index (χ2n) is 3.92. The Labute approximate surface area is 102 Å². The Morgan fingerprint density at radius 3 is 2.78 bits per heavy atom. The number of hydrogen-bond donors (Lipinski definition) is 1. The van der Waals surface area contributed by atoms with E-state index in [0.717, 1.165) is 10.9 Å². The summed E-state index contributed by atoms with van der Waals surface area (Å²) in [7, 11) is 0. The quantitative estimate of drug-likeness (QED) is 0.553. The number of fused-ring (bicyclic) bond motifs is 1. The van der Waals surface area contributed by atoms with Gasteiger partial charge in [0.05, 0.1) is 5.56 Å². The predicted octanol–water partition coefficient (Wildman–Crippen LogP) is 2.93. The molecule has 0 amide bonds. The number of carbonyl (C=O) groups excluding carboxylic acids is 1. The first kappa shape index (κ1) is 10.7. The lowest BCUT2D eigenvalue weighted by Crippen LogP contribution is -2.04. The summed E-state index contributed by atoms with van der Waals surface area (Å²) in [6.07, 6.45) is 2.92. The molecular weight excluding hydrogens is 231 g/mol. The molecule has 0 aliphatic carbocycles. The molecule has 0 spiro atoms. The van der Waals surface area contributed by atoms with Gasteiger partial charge in [0.25, 0.3) is 0 Å². The predicted molar refractivity (Wildman–Crippen MR) is 65.9 cm³/mol. The number of aromatic nitrogens is 2. The molecule has 2 aromatic heterocycles. The van der Waals surface area contributed by atoms with Crippen LogP contribution in [0, 0.1) is 5.95 Å². The van der Waals surface area contributed by atoms with E-state index in [0.29, 0.717) is 5.56 Å². The molecule has 4 heteroatoms. The molecule has 0 aliphatic rings. The number of ketones is 1. The first-order valence-electron chi connectivity index (χ1n) is 5.48. The van der Waals surface area contributed by atoms with Crippen LogP contribution < -0.4 is 0 Å². The molecule has 18 heavy (non-hydrogen) atoms. The fourth-order valence-electron chi connectivity index (χ4n) is 1.96. The van der Waals surface area contributed by atoms with Crippen molar-refractivity contribution in [2.45, 2.75) is 0 Å². The van der Waals surface area contributed by atoms with Gasteiger partial charge in [0.15, 0.2) is 5.78 Å². The molecular formula is C14H9FN2O. The Hall–Kier alpha value is -2.49. The van der Waals surface area contributed by atoms with Crippen molar-refractivity contribution >= 4 is 16.7 Å². The zero-order valence-corrected chi connectivity index (χ0v) is 9.35. The molecule has 0 saturated heterocycles. The van der Waals surface area contributed by atoms with Crippen molar-refractivity contribution in [1.82, 2.24) is 9.97 Å². The van der Waals surface area contributed by atoms with Crippen LogP contribution in [0.5, 0.6) is 0 Å². The summed E-state index contributed by atoms with van der Waals surface area (Å²) in [4.78, 5) is 18.7. The van der Waals surface area contributed by atoms with Crippen molar-refractivity contribution in [2.75, 3.05) is 0 Å². The van der Waals surface area contributed by atoms with Crippen LogP contribution >= 0.6 is 0 Å². The average Bonchev–Trinajstić information content (AvgIpc) is 2.82. The maximum Gasteiger partial charge on any atom is 0.224 e. The molecule has 3 nitrogen and oxygen atoms in total. The van der Waals surface area contributed by atoms with Crippen LogP contribution in [0.3, 0.4) is 0 Å². The third kappa shape index (κ3) is 1.59. The summed E-state index contributed by atoms with van der Waals surface area (Å²) >= 11 is 0. The van der Waals surface area contributed by atoms with Crippen molar-refractivity contribution in [1.29, 1.82) is 0 Å². The lowest BCUT2D eigenvalue weighted by atomic mass is 10.0. The lowest BCUT2D eigenvalue weighted by molar-refractivity contribution is 0.103. The topological polar surface area (TPSA) is 45.8 Å². The standard InChI is InChI=1S/C14H9FN2O/c15-14-10(5-3-7-16-14)13(18)11-8-17-12-6-2-1-4-9(11)12/h1-8,17H. The molecule has 0 fully saturated rings. The van der Waals surface area contributed by atoms with Crippen LogP contribution in [-0.2, 0) is 0 Å². The highest BCUT2D eigenvalue weighted by Gasteiger charge is 2.17. The van der Waals surface area contributed by atoms with Gasteiger partial charge in [-0.3, -0.25) is 4.79 Å². The number of nitrogens with one attached hydrogen (secondary N) is 1. The molecule has 88 valence electrons. The van der Waals surface area contributed by atoms with E-state index >= 15 is 0 Å². The number of benzene rings is 1. The molecule has 0 saturated carbocycles. The lowest BCUT2D eigenvalue weighted by Gasteiger charge is -2.00. The minimum absolute atomic E-state index is 0.0118. The Morgan fingerprint density at radius 1 is 1.11 bits per heavy atom. The number of pyridine rings is 1. The van der Waals surface area contributed by atoms with Crippen LogP contribution in [0.4, 0.5) is 4.39 Å². The molecule has 1 N–H and O–H groups in total. The van der Waals surface area contributed by atoms with Gasteiger partial charge in [-0.2, -0.15) is 4.39 Å². The molecule has 0 atom stereocenters. The van der Waals surface area contributed by atoms with E-state index in [2.05, 4.69) is 9.97 Å². The molecule has 1 aromatic carbocycles. The smallest absolute Gasteiger partial charge is 0.224 e. The van der Waals surface area contributed by atoms with Crippen LogP contribution in [0.1, 0.15) is 15.9 Å². The maximum atomic E-state index is 13.5.